The summed E-state index contributed by atoms with van der Waals surface area (Å²) in [4.78, 5) is 11.3. The first-order valence-electron chi connectivity index (χ1n) is 5.22. The lowest BCUT2D eigenvalue weighted by Gasteiger charge is -2.11. The number of rotatable bonds is 5. The average molecular weight is 223 g/mol. The molecule has 1 rings (SSSR count). The Hall–Kier alpha value is -1.55. The van der Waals surface area contributed by atoms with E-state index < -0.39 is 6.04 Å². The molecule has 0 heterocycles. The number of hydrogen-bond acceptors (Lipinski definition) is 4. The molecule has 4 heteroatoms. The second kappa shape index (κ2) is 6.12. The van der Waals surface area contributed by atoms with Crippen molar-refractivity contribution in [2.45, 2.75) is 19.4 Å². The standard InChI is InChI=1S/C12H17NO3/c1-3-16-12(14)11(13)8-9-5-4-6-10(7-9)15-2/h4-7,11H,3,8,13H2,1-2H3/t11-/m0/s1. The number of methoxy groups -OCH3 is 1. The van der Waals surface area contributed by atoms with Gasteiger partial charge in [0.15, 0.2) is 0 Å². The molecule has 2 N–H and O–H groups in total. The Morgan fingerprint density at radius 1 is 1.50 bits per heavy atom. The van der Waals surface area contributed by atoms with E-state index in [1.165, 1.54) is 0 Å². The van der Waals surface area contributed by atoms with Crippen LogP contribution in [-0.2, 0) is 16.0 Å². The molecule has 1 atom stereocenters. The SMILES string of the molecule is CCOC(=O)[C@@H](N)Cc1cccc(OC)c1. The van der Waals surface area contributed by atoms with Crippen molar-refractivity contribution in [1.29, 1.82) is 0 Å². The summed E-state index contributed by atoms with van der Waals surface area (Å²) in [5.41, 5.74) is 6.67. The molecular weight excluding hydrogens is 206 g/mol. The summed E-state index contributed by atoms with van der Waals surface area (Å²) in [5, 5.41) is 0. The van der Waals surface area contributed by atoms with E-state index in [1.54, 1.807) is 14.0 Å². The van der Waals surface area contributed by atoms with Gasteiger partial charge in [0, 0.05) is 0 Å². The van der Waals surface area contributed by atoms with Gasteiger partial charge in [-0.15, -0.1) is 0 Å². The smallest absolute Gasteiger partial charge is 0.323 e. The van der Waals surface area contributed by atoms with Crippen molar-refractivity contribution in [1.82, 2.24) is 0 Å². The van der Waals surface area contributed by atoms with Gasteiger partial charge in [-0.2, -0.15) is 0 Å². The van der Waals surface area contributed by atoms with E-state index >= 15 is 0 Å². The van der Waals surface area contributed by atoms with E-state index in [9.17, 15) is 4.79 Å². The van der Waals surface area contributed by atoms with Crippen LogP contribution in [0.25, 0.3) is 0 Å². The molecule has 0 unspecified atom stereocenters. The van der Waals surface area contributed by atoms with E-state index in [2.05, 4.69) is 0 Å². The summed E-state index contributed by atoms with van der Waals surface area (Å²) in [6, 6.07) is 6.86. The fraction of sp³-hybridized carbons (Fsp3) is 0.417. The van der Waals surface area contributed by atoms with Gasteiger partial charge in [0.25, 0.3) is 0 Å². The van der Waals surface area contributed by atoms with Gasteiger partial charge >= 0.3 is 5.97 Å². The summed E-state index contributed by atoms with van der Waals surface area (Å²) in [5.74, 6) is 0.388. The van der Waals surface area contributed by atoms with Crippen LogP contribution in [0.15, 0.2) is 24.3 Å². The van der Waals surface area contributed by atoms with Gasteiger partial charge in [0.2, 0.25) is 0 Å². The number of nitrogens with two attached hydrogens (primary N) is 1. The predicted molar refractivity (Wildman–Crippen MR) is 61.3 cm³/mol. The monoisotopic (exact) mass is 223 g/mol. The minimum absolute atomic E-state index is 0.352. The molecule has 0 bridgehead atoms. The number of carbonyl (C=O) groups is 1. The molecule has 0 radical (unpaired) electrons. The van der Waals surface area contributed by atoms with Crippen molar-refractivity contribution in [2.75, 3.05) is 13.7 Å². The summed E-state index contributed by atoms with van der Waals surface area (Å²) < 4.78 is 9.92. The van der Waals surface area contributed by atoms with E-state index in [4.69, 9.17) is 15.2 Å². The first-order valence-corrected chi connectivity index (χ1v) is 5.22. The third-order valence-corrected chi connectivity index (χ3v) is 2.18. The van der Waals surface area contributed by atoms with Crippen LogP contribution in [0.1, 0.15) is 12.5 Å². The van der Waals surface area contributed by atoms with Crippen molar-refractivity contribution in [2.24, 2.45) is 5.73 Å². The Kier molecular flexibility index (Phi) is 4.79. The Labute approximate surface area is 95.3 Å². The van der Waals surface area contributed by atoms with Crippen LogP contribution in [0.3, 0.4) is 0 Å². The Morgan fingerprint density at radius 2 is 2.25 bits per heavy atom. The molecule has 16 heavy (non-hydrogen) atoms. The Morgan fingerprint density at radius 3 is 2.88 bits per heavy atom. The fourth-order valence-electron chi connectivity index (χ4n) is 1.39. The average Bonchev–Trinajstić information content (AvgIpc) is 2.29. The largest absolute Gasteiger partial charge is 0.497 e. The number of hydrogen-bond donors (Lipinski definition) is 1. The second-order valence-electron chi connectivity index (χ2n) is 3.41. The summed E-state index contributed by atoms with van der Waals surface area (Å²) in [6.45, 7) is 2.11. The van der Waals surface area contributed by atoms with Gasteiger partial charge in [-0.05, 0) is 31.0 Å². The minimum atomic E-state index is -0.618. The Balaban J connectivity index is 2.61. The molecule has 0 saturated heterocycles. The quantitative estimate of drug-likeness (QED) is 0.760. The lowest BCUT2D eigenvalue weighted by molar-refractivity contribution is -0.144. The van der Waals surface area contributed by atoms with Crippen molar-refractivity contribution in [3.8, 4) is 5.75 Å². The maximum Gasteiger partial charge on any atom is 0.323 e. The molecule has 1 aromatic rings. The van der Waals surface area contributed by atoms with Crippen LogP contribution in [0.2, 0.25) is 0 Å². The third-order valence-electron chi connectivity index (χ3n) is 2.18. The molecule has 0 saturated carbocycles. The van der Waals surface area contributed by atoms with E-state index in [1.807, 2.05) is 24.3 Å². The van der Waals surface area contributed by atoms with Gasteiger partial charge in [0.05, 0.1) is 13.7 Å². The summed E-state index contributed by atoms with van der Waals surface area (Å²) in [6.07, 6.45) is 0.454. The molecular formula is C12H17NO3. The molecule has 0 amide bonds. The molecule has 0 fully saturated rings. The first-order chi connectivity index (χ1) is 7.67. The molecule has 0 aliphatic rings. The fourth-order valence-corrected chi connectivity index (χ4v) is 1.39. The number of esters is 1. The zero-order valence-corrected chi connectivity index (χ0v) is 9.60. The van der Waals surface area contributed by atoms with Gasteiger partial charge in [0.1, 0.15) is 11.8 Å². The molecule has 0 spiro atoms. The van der Waals surface area contributed by atoms with Crippen LogP contribution in [0.5, 0.6) is 5.75 Å². The summed E-state index contributed by atoms with van der Waals surface area (Å²) >= 11 is 0. The predicted octanol–water partition coefficient (Wildman–Crippen LogP) is 1.13. The zero-order valence-electron chi connectivity index (χ0n) is 9.60. The zero-order chi connectivity index (χ0) is 12.0. The van der Waals surface area contributed by atoms with Crippen LogP contribution in [-0.4, -0.2) is 25.7 Å². The van der Waals surface area contributed by atoms with Crippen molar-refractivity contribution < 1.29 is 14.3 Å². The molecule has 0 aliphatic heterocycles. The summed E-state index contributed by atoms with van der Waals surface area (Å²) in [7, 11) is 1.60. The third kappa shape index (κ3) is 3.55. The highest BCUT2D eigenvalue weighted by Gasteiger charge is 2.15. The van der Waals surface area contributed by atoms with Crippen LogP contribution in [0.4, 0.5) is 0 Å². The van der Waals surface area contributed by atoms with Crippen molar-refractivity contribution in [3.05, 3.63) is 29.8 Å². The number of benzene rings is 1. The second-order valence-corrected chi connectivity index (χ2v) is 3.41. The topological polar surface area (TPSA) is 61.5 Å². The Bertz CT molecular complexity index is 352. The normalized spacial score (nSPS) is 11.9. The van der Waals surface area contributed by atoms with Crippen molar-refractivity contribution in [3.63, 3.8) is 0 Å². The lowest BCUT2D eigenvalue weighted by atomic mass is 10.1. The maximum absolute atomic E-state index is 11.3. The van der Waals surface area contributed by atoms with Gasteiger partial charge in [-0.1, -0.05) is 12.1 Å². The van der Waals surface area contributed by atoms with Crippen molar-refractivity contribution >= 4 is 5.97 Å². The molecule has 4 nitrogen and oxygen atoms in total. The first kappa shape index (κ1) is 12.5. The number of ether oxygens (including phenoxy) is 2. The van der Waals surface area contributed by atoms with Gasteiger partial charge < -0.3 is 15.2 Å². The highest BCUT2D eigenvalue weighted by molar-refractivity contribution is 5.75. The minimum Gasteiger partial charge on any atom is -0.497 e. The molecule has 0 aliphatic carbocycles. The maximum atomic E-state index is 11.3. The number of carbonyl (C=O) groups excluding carboxylic acids is 1. The lowest BCUT2D eigenvalue weighted by Crippen LogP contribution is -2.34. The van der Waals surface area contributed by atoms with Crippen LogP contribution >= 0.6 is 0 Å². The highest BCUT2D eigenvalue weighted by atomic mass is 16.5. The highest BCUT2D eigenvalue weighted by Crippen LogP contribution is 2.13. The molecule has 88 valence electrons. The van der Waals surface area contributed by atoms with Gasteiger partial charge in [-0.3, -0.25) is 4.79 Å². The van der Waals surface area contributed by atoms with E-state index in [-0.39, 0.29) is 5.97 Å². The van der Waals surface area contributed by atoms with E-state index in [0.717, 1.165) is 11.3 Å². The van der Waals surface area contributed by atoms with Crippen LogP contribution in [0, 0.1) is 0 Å². The van der Waals surface area contributed by atoms with Crippen LogP contribution < -0.4 is 10.5 Å². The van der Waals surface area contributed by atoms with E-state index in [0.29, 0.717) is 13.0 Å². The molecule has 1 aromatic carbocycles. The van der Waals surface area contributed by atoms with Gasteiger partial charge in [-0.25, -0.2) is 0 Å². The molecule has 0 aromatic heterocycles.